The van der Waals surface area contributed by atoms with Crippen LogP contribution in [0.4, 0.5) is 10.1 Å². The normalized spacial score (nSPS) is 16.8. The van der Waals surface area contributed by atoms with Crippen molar-refractivity contribution in [1.82, 2.24) is 0 Å². The van der Waals surface area contributed by atoms with Crippen molar-refractivity contribution in [3.8, 4) is 0 Å². The molecule has 142 valence electrons. The Bertz CT molecular complexity index is 940. The van der Waals surface area contributed by atoms with E-state index in [-0.39, 0.29) is 23.8 Å². The van der Waals surface area contributed by atoms with Gasteiger partial charge in [-0.2, -0.15) is 0 Å². The summed E-state index contributed by atoms with van der Waals surface area (Å²) in [5.41, 5.74) is 4.26. The molecule has 3 aromatic carbocycles. The van der Waals surface area contributed by atoms with E-state index in [0.717, 1.165) is 24.8 Å². The molecule has 4 heteroatoms. The van der Waals surface area contributed by atoms with Crippen LogP contribution in [0.1, 0.15) is 41.6 Å². The molecule has 0 heterocycles. The molecular weight excluding hydrogens is 351 g/mol. The molecule has 1 aliphatic carbocycles. The second-order valence-electron chi connectivity index (χ2n) is 7.27. The minimum absolute atomic E-state index is 0.0964. The molecule has 0 aliphatic heterocycles. The number of quaternary nitrogens is 1. The van der Waals surface area contributed by atoms with E-state index in [9.17, 15) is 9.18 Å². The van der Waals surface area contributed by atoms with Crippen LogP contribution in [0.5, 0.6) is 0 Å². The van der Waals surface area contributed by atoms with Crippen LogP contribution in [0.3, 0.4) is 0 Å². The first-order valence-corrected chi connectivity index (χ1v) is 9.75. The summed E-state index contributed by atoms with van der Waals surface area (Å²) in [6.45, 7) is 0. The molecule has 0 unspecified atom stereocenters. The van der Waals surface area contributed by atoms with E-state index < -0.39 is 0 Å². The van der Waals surface area contributed by atoms with E-state index in [1.807, 2.05) is 30.3 Å². The molecule has 0 spiro atoms. The number of rotatable bonds is 5. The molecule has 0 saturated carbocycles. The Hall–Kier alpha value is -2.98. The summed E-state index contributed by atoms with van der Waals surface area (Å²) in [5, 5.41) is 5.12. The van der Waals surface area contributed by atoms with E-state index in [0.29, 0.717) is 5.69 Å². The van der Waals surface area contributed by atoms with Gasteiger partial charge in [0.15, 0.2) is 6.04 Å². The second kappa shape index (κ2) is 8.36. The number of benzene rings is 3. The standard InChI is InChI=1S/C24H23FN2O/c25-19-13-15-20(16-14-19)26-24(28)23(18-8-2-1-3-9-18)27-22-12-6-10-17-7-4-5-11-21(17)22/h1-5,7-9,11,13-16,22-23,27H,6,10,12H2,(H,26,28)/p+1/t22-,23-/m1/s1. The van der Waals surface area contributed by atoms with Gasteiger partial charge in [-0.3, -0.25) is 4.79 Å². The molecule has 3 nitrogen and oxygen atoms in total. The number of nitrogens with two attached hydrogens (primary N) is 1. The van der Waals surface area contributed by atoms with Crippen LogP contribution >= 0.6 is 0 Å². The highest BCUT2D eigenvalue weighted by atomic mass is 19.1. The zero-order valence-corrected chi connectivity index (χ0v) is 15.6. The molecule has 0 saturated heterocycles. The Balaban J connectivity index is 1.60. The number of aryl methyl sites for hydroxylation is 1. The van der Waals surface area contributed by atoms with Crippen molar-refractivity contribution in [2.24, 2.45) is 0 Å². The summed E-state index contributed by atoms with van der Waals surface area (Å²) in [6.07, 6.45) is 3.27. The average Bonchev–Trinajstić information content (AvgIpc) is 2.74. The average molecular weight is 375 g/mol. The molecule has 2 atom stereocenters. The van der Waals surface area contributed by atoms with Gasteiger partial charge < -0.3 is 10.6 Å². The van der Waals surface area contributed by atoms with Crippen LogP contribution in [-0.2, 0) is 11.2 Å². The number of carbonyl (C=O) groups excluding carboxylic acids is 1. The van der Waals surface area contributed by atoms with Gasteiger partial charge in [-0.25, -0.2) is 4.39 Å². The van der Waals surface area contributed by atoms with Crippen molar-refractivity contribution in [2.75, 3.05) is 5.32 Å². The lowest BCUT2D eigenvalue weighted by atomic mass is 9.87. The fraction of sp³-hybridized carbons (Fsp3) is 0.208. The van der Waals surface area contributed by atoms with Crippen LogP contribution in [0.2, 0.25) is 0 Å². The van der Waals surface area contributed by atoms with Crippen molar-refractivity contribution in [1.29, 1.82) is 0 Å². The number of nitrogens with one attached hydrogen (secondary N) is 1. The van der Waals surface area contributed by atoms with Gasteiger partial charge >= 0.3 is 0 Å². The molecule has 0 aromatic heterocycles. The Morgan fingerprint density at radius 2 is 1.68 bits per heavy atom. The van der Waals surface area contributed by atoms with E-state index in [1.54, 1.807) is 12.1 Å². The summed E-state index contributed by atoms with van der Waals surface area (Å²) in [5.74, 6) is -0.413. The highest BCUT2D eigenvalue weighted by Gasteiger charge is 2.31. The number of fused-ring (bicyclic) bond motifs is 1. The Morgan fingerprint density at radius 3 is 2.46 bits per heavy atom. The van der Waals surface area contributed by atoms with E-state index in [4.69, 9.17) is 0 Å². The summed E-state index contributed by atoms with van der Waals surface area (Å²) >= 11 is 0. The minimum Gasteiger partial charge on any atom is -0.326 e. The summed E-state index contributed by atoms with van der Waals surface area (Å²) in [4.78, 5) is 13.1. The molecule has 0 fully saturated rings. The van der Waals surface area contributed by atoms with Crippen molar-refractivity contribution < 1.29 is 14.5 Å². The predicted octanol–water partition coefficient (Wildman–Crippen LogP) is 4.15. The van der Waals surface area contributed by atoms with E-state index >= 15 is 0 Å². The van der Waals surface area contributed by atoms with Gasteiger partial charge in [0.25, 0.3) is 5.91 Å². The van der Waals surface area contributed by atoms with Gasteiger partial charge in [0.2, 0.25) is 0 Å². The molecule has 1 aliphatic rings. The topological polar surface area (TPSA) is 45.7 Å². The Morgan fingerprint density at radius 1 is 0.964 bits per heavy atom. The molecule has 28 heavy (non-hydrogen) atoms. The highest BCUT2D eigenvalue weighted by Crippen LogP contribution is 2.28. The van der Waals surface area contributed by atoms with Crippen molar-refractivity contribution in [2.45, 2.75) is 31.3 Å². The van der Waals surface area contributed by atoms with Gasteiger partial charge in [-0.1, -0.05) is 54.6 Å². The van der Waals surface area contributed by atoms with Crippen molar-refractivity contribution in [3.63, 3.8) is 0 Å². The fourth-order valence-corrected chi connectivity index (χ4v) is 3.99. The van der Waals surface area contributed by atoms with Crippen molar-refractivity contribution in [3.05, 3.63) is 101 Å². The largest absolute Gasteiger partial charge is 0.326 e. The molecule has 3 aromatic rings. The van der Waals surface area contributed by atoms with Gasteiger partial charge in [-0.15, -0.1) is 0 Å². The lowest BCUT2D eigenvalue weighted by Crippen LogP contribution is -2.88. The van der Waals surface area contributed by atoms with Gasteiger partial charge in [-0.05, 0) is 42.7 Å². The number of carbonyl (C=O) groups is 1. The zero-order valence-electron chi connectivity index (χ0n) is 15.6. The smallest absolute Gasteiger partial charge is 0.287 e. The zero-order chi connectivity index (χ0) is 19.3. The number of hydrogen-bond donors (Lipinski definition) is 2. The molecule has 0 bridgehead atoms. The number of halogens is 1. The summed E-state index contributed by atoms with van der Waals surface area (Å²) in [7, 11) is 0. The van der Waals surface area contributed by atoms with Crippen LogP contribution in [0.15, 0.2) is 78.9 Å². The maximum Gasteiger partial charge on any atom is 0.287 e. The van der Waals surface area contributed by atoms with Gasteiger partial charge in [0, 0.05) is 23.2 Å². The fourth-order valence-electron chi connectivity index (χ4n) is 3.99. The first-order chi connectivity index (χ1) is 13.7. The number of anilines is 1. The monoisotopic (exact) mass is 375 g/mol. The first-order valence-electron chi connectivity index (χ1n) is 9.75. The maximum atomic E-state index is 13.2. The number of hydrogen-bond acceptors (Lipinski definition) is 1. The molecule has 4 rings (SSSR count). The third-order valence-corrected chi connectivity index (χ3v) is 5.39. The Labute approximate surface area is 164 Å². The quantitative estimate of drug-likeness (QED) is 0.691. The summed E-state index contributed by atoms with van der Waals surface area (Å²) in [6, 6.07) is 24.1. The lowest BCUT2D eigenvalue weighted by molar-refractivity contribution is -0.723. The molecule has 3 N–H and O–H groups in total. The minimum atomic E-state index is -0.373. The first kappa shape index (κ1) is 18.4. The second-order valence-corrected chi connectivity index (χ2v) is 7.27. The Kier molecular flexibility index (Phi) is 5.49. The number of amides is 1. The predicted molar refractivity (Wildman–Crippen MR) is 108 cm³/mol. The highest BCUT2D eigenvalue weighted by molar-refractivity contribution is 5.94. The van der Waals surface area contributed by atoms with Crippen LogP contribution in [0, 0.1) is 5.82 Å². The van der Waals surface area contributed by atoms with E-state index in [1.165, 1.54) is 23.3 Å². The van der Waals surface area contributed by atoms with Gasteiger partial charge in [0.05, 0.1) is 0 Å². The van der Waals surface area contributed by atoms with Crippen LogP contribution < -0.4 is 10.6 Å². The third kappa shape index (κ3) is 4.12. The van der Waals surface area contributed by atoms with Crippen LogP contribution in [-0.4, -0.2) is 5.91 Å². The lowest BCUT2D eigenvalue weighted by Gasteiger charge is -2.27. The van der Waals surface area contributed by atoms with Crippen LogP contribution in [0.25, 0.3) is 0 Å². The van der Waals surface area contributed by atoms with Gasteiger partial charge in [0.1, 0.15) is 11.9 Å². The van der Waals surface area contributed by atoms with Crippen molar-refractivity contribution >= 4 is 11.6 Å². The molecule has 0 radical (unpaired) electrons. The summed E-state index contributed by atoms with van der Waals surface area (Å²) < 4.78 is 13.2. The SMILES string of the molecule is O=C(Nc1ccc(F)cc1)[C@H]([NH2+][C@@H]1CCCc2ccccc21)c1ccccc1. The molecular formula is C24H24FN2O+. The van der Waals surface area contributed by atoms with E-state index in [2.05, 4.69) is 34.9 Å². The molecule has 1 amide bonds. The third-order valence-electron chi connectivity index (χ3n) is 5.39. The maximum absolute atomic E-state index is 13.2.